The molecule has 10 N–H and O–H groups in total. The lowest BCUT2D eigenvalue weighted by Gasteiger charge is -2.50. The van der Waals surface area contributed by atoms with Crippen molar-refractivity contribution in [3.63, 3.8) is 0 Å². The third-order valence-corrected chi connectivity index (χ3v) is 2.47. The summed E-state index contributed by atoms with van der Waals surface area (Å²) in [4.78, 5) is 0. The van der Waals surface area contributed by atoms with Crippen LogP contribution in [0.15, 0.2) is 0 Å². The van der Waals surface area contributed by atoms with Gasteiger partial charge >= 0.3 is 0 Å². The first-order chi connectivity index (χ1) is 6.13. The Morgan fingerprint density at radius 2 is 1.07 bits per heavy atom. The molecule has 8 nitrogen and oxygen atoms in total. The average molecular weight is 210 g/mol. The van der Waals surface area contributed by atoms with Crippen molar-refractivity contribution in [1.82, 2.24) is 0 Å². The quantitative estimate of drug-likeness (QED) is 0.183. The minimum atomic E-state index is -2.69. The second kappa shape index (κ2) is 3.08. The fraction of sp³-hybridized carbons (Fsp3) is 1.00. The summed E-state index contributed by atoms with van der Waals surface area (Å²) < 4.78 is 0. The largest absolute Gasteiger partial charge is 0.387 e. The molecule has 1 rings (SSSR count). The molecule has 1 saturated carbocycles. The fourth-order valence-corrected chi connectivity index (χ4v) is 1.41. The van der Waals surface area contributed by atoms with E-state index in [-0.39, 0.29) is 0 Å². The number of aliphatic hydroxyl groups is 6. The van der Waals surface area contributed by atoms with Gasteiger partial charge in [-0.25, -0.2) is 0 Å². The summed E-state index contributed by atoms with van der Waals surface area (Å²) in [6, 6.07) is 0. The molecular formula is C6H14N2O6. The maximum Gasteiger partial charge on any atom is 0.172 e. The second-order valence-corrected chi connectivity index (χ2v) is 3.56. The van der Waals surface area contributed by atoms with E-state index >= 15 is 0 Å². The van der Waals surface area contributed by atoms with Crippen LogP contribution in [0.4, 0.5) is 0 Å². The summed E-state index contributed by atoms with van der Waals surface area (Å²) in [6.07, 6.45) is -8.18. The maximum absolute atomic E-state index is 9.30. The van der Waals surface area contributed by atoms with Gasteiger partial charge in [0.1, 0.15) is 24.4 Å². The van der Waals surface area contributed by atoms with Gasteiger partial charge in [-0.05, 0) is 0 Å². The lowest BCUT2D eigenvalue weighted by atomic mass is 9.77. The smallest absolute Gasteiger partial charge is 0.172 e. The van der Waals surface area contributed by atoms with E-state index in [2.05, 4.69) is 0 Å². The molecule has 0 amide bonds. The third-order valence-electron chi connectivity index (χ3n) is 2.47. The van der Waals surface area contributed by atoms with Crippen LogP contribution < -0.4 is 11.5 Å². The minimum Gasteiger partial charge on any atom is -0.387 e. The number of nitrogens with two attached hydrogens (primary N) is 2. The second-order valence-electron chi connectivity index (χ2n) is 3.56. The molecular weight excluding hydrogens is 196 g/mol. The molecule has 0 saturated heterocycles. The molecule has 8 heteroatoms. The van der Waals surface area contributed by atoms with Gasteiger partial charge in [0.15, 0.2) is 11.4 Å². The van der Waals surface area contributed by atoms with Gasteiger partial charge in [-0.1, -0.05) is 0 Å². The first-order valence-corrected chi connectivity index (χ1v) is 3.88. The SMILES string of the molecule is N[C@]1(O)[C@@H](O)[C@@](N)(O)[C@H](O)[C@@H](O)[C@@H]1O. The van der Waals surface area contributed by atoms with Gasteiger partial charge in [-0.2, -0.15) is 0 Å². The lowest BCUT2D eigenvalue weighted by Crippen LogP contribution is -2.82. The van der Waals surface area contributed by atoms with E-state index in [1.54, 1.807) is 0 Å². The van der Waals surface area contributed by atoms with Crippen molar-refractivity contribution in [2.24, 2.45) is 11.5 Å². The normalized spacial score (nSPS) is 60.0. The van der Waals surface area contributed by atoms with Crippen LogP contribution in [-0.2, 0) is 0 Å². The molecule has 0 heterocycles. The van der Waals surface area contributed by atoms with Crippen molar-refractivity contribution in [1.29, 1.82) is 0 Å². The van der Waals surface area contributed by atoms with Crippen molar-refractivity contribution < 1.29 is 30.6 Å². The molecule has 0 radical (unpaired) electrons. The molecule has 0 unspecified atom stereocenters. The Labute approximate surface area is 79.0 Å². The fourth-order valence-electron chi connectivity index (χ4n) is 1.41. The molecule has 0 bridgehead atoms. The van der Waals surface area contributed by atoms with Gasteiger partial charge in [0.2, 0.25) is 0 Å². The van der Waals surface area contributed by atoms with Crippen molar-refractivity contribution in [3.05, 3.63) is 0 Å². The predicted molar refractivity (Wildman–Crippen MR) is 42.3 cm³/mol. The van der Waals surface area contributed by atoms with Gasteiger partial charge in [0.25, 0.3) is 0 Å². The number of hydrogen-bond donors (Lipinski definition) is 8. The third kappa shape index (κ3) is 1.33. The number of rotatable bonds is 0. The van der Waals surface area contributed by atoms with Gasteiger partial charge in [-0.3, -0.25) is 11.5 Å². The highest BCUT2D eigenvalue weighted by atomic mass is 16.4. The average Bonchev–Trinajstić information content (AvgIpc) is 2.11. The molecule has 84 valence electrons. The van der Waals surface area contributed by atoms with E-state index in [0.29, 0.717) is 0 Å². The van der Waals surface area contributed by atoms with E-state index in [1.807, 2.05) is 0 Å². The van der Waals surface area contributed by atoms with Crippen molar-refractivity contribution in [3.8, 4) is 0 Å². The van der Waals surface area contributed by atoms with Crippen LogP contribution in [0.5, 0.6) is 0 Å². The van der Waals surface area contributed by atoms with Gasteiger partial charge < -0.3 is 30.6 Å². The summed E-state index contributed by atoms with van der Waals surface area (Å²) in [5.41, 5.74) is 4.69. The zero-order valence-corrected chi connectivity index (χ0v) is 7.15. The summed E-state index contributed by atoms with van der Waals surface area (Å²) in [5, 5.41) is 55.3. The van der Waals surface area contributed by atoms with Crippen molar-refractivity contribution in [2.45, 2.75) is 35.9 Å². The summed E-state index contributed by atoms with van der Waals surface area (Å²) in [6.45, 7) is 0. The first-order valence-electron chi connectivity index (χ1n) is 3.88. The highest BCUT2D eigenvalue weighted by Crippen LogP contribution is 2.30. The Kier molecular flexibility index (Phi) is 2.59. The summed E-state index contributed by atoms with van der Waals surface area (Å²) in [7, 11) is 0. The van der Waals surface area contributed by atoms with Crippen LogP contribution in [-0.4, -0.2) is 66.5 Å². The molecule has 0 spiro atoms. The molecule has 0 aromatic carbocycles. The molecule has 0 aromatic heterocycles. The van der Waals surface area contributed by atoms with Crippen LogP contribution in [0.3, 0.4) is 0 Å². The van der Waals surface area contributed by atoms with Crippen LogP contribution in [0.25, 0.3) is 0 Å². The Morgan fingerprint density at radius 3 is 1.36 bits per heavy atom. The van der Waals surface area contributed by atoms with E-state index < -0.39 is 35.9 Å². The zero-order chi connectivity index (χ0) is 11.3. The van der Waals surface area contributed by atoms with Gasteiger partial charge in [-0.15, -0.1) is 0 Å². The molecule has 0 aliphatic heterocycles. The molecule has 1 fully saturated rings. The zero-order valence-electron chi connectivity index (χ0n) is 7.15. The van der Waals surface area contributed by atoms with Gasteiger partial charge in [0.05, 0.1) is 0 Å². The van der Waals surface area contributed by atoms with Crippen LogP contribution in [0.2, 0.25) is 0 Å². The minimum absolute atomic E-state index is 1.96. The van der Waals surface area contributed by atoms with Gasteiger partial charge in [0, 0.05) is 0 Å². The Morgan fingerprint density at radius 1 is 0.786 bits per heavy atom. The maximum atomic E-state index is 9.30. The predicted octanol–water partition coefficient (Wildman–Crippen LogP) is -5.26. The van der Waals surface area contributed by atoms with E-state index in [0.717, 1.165) is 0 Å². The van der Waals surface area contributed by atoms with Crippen molar-refractivity contribution in [2.75, 3.05) is 0 Å². The summed E-state index contributed by atoms with van der Waals surface area (Å²) in [5.74, 6) is 0. The molecule has 1 aliphatic rings. The highest BCUT2D eigenvalue weighted by molar-refractivity contribution is 5.10. The van der Waals surface area contributed by atoms with Crippen LogP contribution in [0, 0.1) is 0 Å². The van der Waals surface area contributed by atoms with E-state index in [9.17, 15) is 15.3 Å². The molecule has 0 aromatic rings. The number of aliphatic hydroxyl groups excluding tert-OH is 4. The topological polar surface area (TPSA) is 173 Å². The standard InChI is InChI=1S/C6H14N2O6/c7-5(13)2(10)1(9)3(11)6(8,14)4(5)12/h1-4,9-14H,7-8H2/t1-,2-,3+,4+,5+,6-. The van der Waals surface area contributed by atoms with E-state index in [1.165, 1.54) is 0 Å². The lowest BCUT2D eigenvalue weighted by molar-refractivity contribution is -0.301. The van der Waals surface area contributed by atoms with Crippen LogP contribution in [0.1, 0.15) is 0 Å². The monoisotopic (exact) mass is 210 g/mol. The van der Waals surface area contributed by atoms with Crippen molar-refractivity contribution >= 4 is 0 Å². The Balaban J connectivity index is 3.09. The summed E-state index contributed by atoms with van der Waals surface area (Å²) >= 11 is 0. The molecule has 6 atom stereocenters. The first kappa shape index (κ1) is 11.8. The van der Waals surface area contributed by atoms with E-state index in [4.69, 9.17) is 26.8 Å². The van der Waals surface area contributed by atoms with Crippen LogP contribution >= 0.6 is 0 Å². The highest BCUT2D eigenvalue weighted by Gasteiger charge is 2.62. The molecule has 14 heavy (non-hydrogen) atoms. The Hall–Kier alpha value is -0.320. The Bertz CT molecular complexity index is 210. The molecule has 1 aliphatic carbocycles. The number of hydrogen-bond acceptors (Lipinski definition) is 8.